The lowest BCUT2D eigenvalue weighted by Gasteiger charge is -2.20. The van der Waals surface area contributed by atoms with Gasteiger partial charge >= 0.3 is 5.97 Å². The lowest BCUT2D eigenvalue weighted by Crippen LogP contribution is -2.26. The molecule has 0 aliphatic rings. The van der Waals surface area contributed by atoms with Gasteiger partial charge in [-0.15, -0.1) is 0 Å². The Hall–Kier alpha value is -3.83. The minimum Gasteiger partial charge on any atom is -0.494 e. The van der Waals surface area contributed by atoms with E-state index in [2.05, 4.69) is 0 Å². The molecule has 3 rings (SSSR count). The van der Waals surface area contributed by atoms with E-state index in [0.29, 0.717) is 29.2 Å². The van der Waals surface area contributed by atoms with Crippen molar-refractivity contribution in [3.8, 4) is 17.6 Å². The first-order valence-electron chi connectivity index (χ1n) is 9.39. The van der Waals surface area contributed by atoms with Gasteiger partial charge in [-0.25, -0.2) is 13.2 Å². The van der Waals surface area contributed by atoms with Gasteiger partial charge in [0.15, 0.2) is 0 Å². The average molecular weight is 436 g/mol. The molecule has 0 saturated carbocycles. The molecule has 0 unspecified atom stereocenters. The van der Waals surface area contributed by atoms with Gasteiger partial charge < -0.3 is 9.47 Å². The smallest absolute Gasteiger partial charge is 0.343 e. The summed E-state index contributed by atoms with van der Waals surface area (Å²) in [6.07, 6.45) is 0. The van der Waals surface area contributed by atoms with Gasteiger partial charge in [0.25, 0.3) is 10.0 Å². The van der Waals surface area contributed by atoms with Gasteiger partial charge in [0.2, 0.25) is 0 Å². The number of carbonyl (C=O) groups excluding carboxylic acids is 1. The van der Waals surface area contributed by atoms with Gasteiger partial charge in [0, 0.05) is 7.05 Å². The third kappa shape index (κ3) is 5.02. The van der Waals surface area contributed by atoms with Crippen LogP contribution in [0.1, 0.15) is 22.8 Å². The topological polar surface area (TPSA) is 96.7 Å². The quantitative estimate of drug-likeness (QED) is 0.410. The van der Waals surface area contributed by atoms with Crippen molar-refractivity contribution in [3.05, 3.63) is 83.9 Å². The predicted molar refractivity (Wildman–Crippen MR) is 116 cm³/mol. The van der Waals surface area contributed by atoms with Crippen molar-refractivity contribution < 1.29 is 22.7 Å². The average Bonchev–Trinajstić information content (AvgIpc) is 2.79. The number of benzene rings is 3. The van der Waals surface area contributed by atoms with Crippen LogP contribution in [0.2, 0.25) is 0 Å². The van der Waals surface area contributed by atoms with Crippen molar-refractivity contribution in [1.82, 2.24) is 0 Å². The largest absolute Gasteiger partial charge is 0.494 e. The Morgan fingerprint density at radius 3 is 2.06 bits per heavy atom. The van der Waals surface area contributed by atoms with E-state index in [-0.39, 0.29) is 10.6 Å². The molecule has 0 saturated heterocycles. The highest BCUT2D eigenvalue weighted by Crippen LogP contribution is 2.26. The van der Waals surface area contributed by atoms with Crippen LogP contribution in [0.3, 0.4) is 0 Å². The highest BCUT2D eigenvalue weighted by Gasteiger charge is 2.21. The summed E-state index contributed by atoms with van der Waals surface area (Å²) in [5, 5.41) is 8.82. The maximum Gasteiger partial charge on any atom is 0.343 e. The third-order valence-electron chi connectivity index (χ3n) is 4.45. The third-order valence-corrected chi connectivity index (χ3v) is 6.25. The standard InChI is InChI=1S/C23H20N2O5S/c1-3-29-20-12-14-22(15-13-20)31(27,28)25(2)19-8-10-21(11-9-19)30-23(26)18-6-4-17(16-24)5-7-18/h4-15H,3H2,1-2H3. The fourth-order valence-electron chi connectivity index (χ4n) is 2.74. The van der Waals surface area contributed by atoms with Crippen LogP contribution in [0.4, 0.5) is 5.69 Å². The van der Waals surface area contributed by atoms with E-state index < -0.39 is 16.0 Å². The maximum atomic E-state index is 12.9. The Balaban J connectivity index is 1.72. The van der Waals surface area contributed by atoms with Crippen molar-refractivity contribution in [3.63, 3.8) is 0 Å². The zero-order valence-corrected chi connectivity index (χ0v) is 17.8. The number of ether oxygens (including phenoxy) is 2. The molecule has 0 aliphatic heterocycles. The van der Waals surface area contributed by atoms with Crippen LogP contribution in [-0.2, 0) is 10.0 Å². The first kappa shape index (κ1) is 21.9. The fraction of sp³-hybridized carbons (Fsp3) is 0.130. The summed E-state index contributed by atoms with van der Waals surface area (Å²) in [6, 6.07) is 20.4. The van der Waals surface area contributed by atoms with E-state index in [9.17, 15) is 13.2 Å². The van der Waals surface area contributed by atoms with Crippen molar-refractivity contribution in [2.75, 3.05) is 18.0 Å². The summed E-state index contributed by atoms with van der Waals surface area (Å²) in [5.74, 6) is 0.287. The Kier molecular flexibility index (Phi) is 6.58. The monoisotopic (exact) mass is 436 g/mol. The Morgan fingerprint density at radius 2 is 1.52 bits per heavy atom. The molecule has 0 bridgehead atoms. The Labute approximate surface area is 181 Å². The van der Waals surface area contributed by atoms with Crippen molar-refractivity contribution >= 4 is 21.7 Å². The van der Waals surface area contributed by atoms with Crippen LogP contribution in [0.15, 0.2) is 77.7 Å². The lowest BCUT2D eigenvalue weighted by molar-refractivity contribution is 0.0734. The number of rotatable bonds is 7. The summed E-state index contributed by atoms with van der Waals surface area (Å²) in [6.45, 7) is 2.35. The van der Waals surface area contributed by atoms with Gasteiger partial charge in [0.1, 0.15) is 11.5 Å². The number of nitriles is 1. The second kappa shape index (κ2) is 9.32. The van der Waals surface area contributed by atoms with Crippen LogP contribution in [-0.4, -0.2) is 28.0 Å². The summed E-state index contributed by atoms with van der Waals surface area (Å²) in [5.41, 5.74) is 1.16. The van der Waals surface area contributed by atoms with Crippen LogP contribution >= 0.6 is 0 Å². The number of esters is 1. The molecule has 31 heavy (non-hydrogen) atoms. The minimum absolute atomic E-state index is 0.134. The van der Waals surface area contributed by atoms with E-state index >= 15 is 0 Å². The van der Waals surface area contributed by atoms with Crippen molar-refractivity contribution in [2.24, 2.45) is 0 Å². The number of sulfonamides is 1. The van der Waals surface area contributed by atoms with Gasteiger partial charge in [-0.1, -0.05) is 0 Å². The van der Waals surface area contributed by atoms with Gasteiger partial charge in [-0.05, 0) is 79.7 Å². The number of anilines is 1. The molecule has 0 heterocycles. The zero-order chi connectivity index (χ0) is 22.4. The van der Waals surface area contributed by atoms with Crippen molar-refractivity contribution in [2.45, 2.75) is 11.8 Å². The maximum absolute atomic E-state index is 12.9. The second-order valence-electron chi connectivity index (χ2n) is 6.45. The molecule has 0 radical (unpaired) electrons. The number of hydrogen-bond donors (Lipinski definition) is 0. The summed E-state index contributed by atoms with van der Waals surface area (Å²) in [4.78, 5) is 12.4. The summed E-state index contributed by atoms with van der Waals surface area (Å²) < 4.78 is 37.6. The molecule has 3 aromatic carbocycles. The van der Waals surface area contributed by atoms with Crippen LogP contribution in [0.25, 0.3) is 0 Å². The minimum atomic E-state index is -3.77. The highest BCUT2D eigenvalue weighted by molar-refractivity contribution is 7.92. The summed E-state index contributed by atoms with van der Waals surface area (Å²) in [7, 11) is -2.32. The molecular weight excluding hydrogens is 416 g/mol. The van der Waals surface area contributed by atoms with E-state index in [1.165, 1.54) is 55.6 Å². The fourth-order valence-corrected chi connectivity index (χ4v) is 3.94. The Morgan fingerprint density at radius 1 is 0.935 bits per heavy atom. The zero-order valence-electron chi connectivity index (χ0n) is 17.0. The first-order chi connectivity index (χ1) is 14.8. The second-order valence-corrected chi connectivity index (χ2v) is 8.42. The molecule has 7 nitrogen and oxygen atoms in total. The van der Waals surface area contributed by atoms with E-state index in [4.69, 9.17) is 14.7 Å². The Bertz CT molecular complexity index is 1200. The molecule has 8 heteroatoms. The normalized spacial score (nSPS) is 10.7. The highest BCUT2D eigenvalue weighted by atomic mass is 32.2. The van der Waals surface area contributed by atoms with Gasteiger partial charge in [-0.2, -0.15) is 5.26 Å². The lowest BCUT2D eigenvalue weighted by atomic mass is 10.1. The number of nitrogens with zero attached hydrogens (tertiary/aromatic N) is 2. The number of carbonyl (C=O) groups is 1. The predicted octanol–water partition coefficient (Wildman–Crippen LogP) is 4.00. The van der Waals surface area contributed by atoms with Crippen LogP contribution in [0, 0.1) is 11.3 Å². The molecular formula is C23H20N2O5S. The van der Waals surface area contributed by atoms with E-state index in [0.717, 1.165) is 4.31 Å². The molecule has 0 N–H and O–H groups in total. The SMILES string of the molecule is CCOc1ccc(S(=O)(=O)N(C)c2ccc(OC(=O)c3ccc(C#N)cc3)cc2)cc1. The molecule has 0 spiro atoms. The molecule has 3 aromatic rings. The molecule has 0 aromatic heterocycles. The van der Waals surface area contributed by atoms with E-state index in [1.54, 1.807) is 24.3 Å². The molecule has 0 atom stereocenters. The summed E-state index contributed by atoms with van der Waals surface area (Å²) >= 11 is 0. The molecule has 0 amide bonds. The first-order valence-corrected chi connectivity index (χ1v) is 10.8. The van der Waals surface area contributed by atoms with Crippen LogP contribution < -0.4 is 13.8 Å². The van der Waals surface area contributed by atoms with Crippen LogP contribution in [0.5, 0.6) is 11.5 Å². The van der Waals surface area contributed by atoms with E-state index in [1.807, 2.05) is 13.0 Å². The van der Waals surface area contributed by atoms with Gasteiger partial charge in [0.05, 0.1) is 34.4 Å². The molecule has 158 valence electrons. The molecule has 0 fully saturated rings. The number of hydrogen-bond acceptors (Lipinski definition) is 6. The molecule has 0 aliphatic carbocycles. The van der Waals surface area contributed by atoms with Crippen molar-refractivity contribution in [1.29, 1.82) is 5.26 Å². The van der Waals surface area contributed by atoms with Gasteiger partial charge in [-0.3, -0.25) is 4.31 Å².